The summed E-state index contributed by atoms with van der Waals surface area (Å²) in [5.74, 6) is -0.0355. The lowest BCUT2D eigenvalue weighted by Gasteiger charge is -2.19. The number of esters is 1. The van der Waals surface area contributed by atoms with Gasteiger partial charge < -0.3 is 19.5 Å². The smallest absolute Gasteiger partial charge is 0.325 e. The third-order valence-electron chi connectivity index (χ3n) is 3.15. The third-order valence-corrected chi connectivity index (χ3v) is 3.15. The monoisotopic (exact) mass is 336 g/mol. The molecule has 8 heteroatoms. The second-order valence-electron chi connectivity index (χ2n) is 5.12. The Hall–Kier alpha value is -2.77. The van der Waals surface area contributed by atoms with Gasteiger partial charge in [-0.05, 0) is 18.6 Å². The number of fused-ring (bicyclic) bond motifs is 1. The molecule has 0 aliphatic carbocycles. The van der Waals surface area contributed by atoms with Crippen molar-refractivity contribution >= 4 is 23.6 Å². The van der Waals surface area contributed by atoms with Crippen LogP contribution in [0.25, 0.3) is 0 Å². The predicted molar refractivity (Wildman–Crippen MR) is 85.1 cm³/mol. The van der Waals surface area contributed by atoms with Crippen LogP contribution < -0.4 is 20.1 Å². The fraction of sp³-hybridized carbons (Fsp3) is 0.438. The number of amides is 3. The summed E-state index contributed by atoms with van der Waals surface area (Å²) < 4.78 is 15.5. The van der Waals surface area contributed by atoms with Gasteiger partial charge in [0.05, 0.1) is 0 Å². The molecule has 1 aromatic carbocycles. The molecule has 2 N–H and O–H groups in total. The maximum Gasteiger partial charge on any atom is 0.325 e. The van der Waals surface area contributed by atoms with Crippen molar-refractivity contribution in [2.75, 3.05) is 25.1 Å². The van der Waals surface area contributed by atoms with Crippen LogP contribution in [-0.4, -0.2) is 37.7 Å². The van der Waals surface area contributed by atoms with E-state index in [2.05, 4.69) is 10.6 Å². The number of anilines is 1. The van der Waals surface area contributed by atoms with Crippen LogP contribution in [0, 0.1) is 0 Å². The SMILES string of the molecule is CCCCC(=O)OCC(=O)NC(=O)Nc1ccc2c(c1)OCCO2. The lowest BCUT2D eigenvalue weighted by Crippen LogP contribution is -2.37. The van der Waals surface area contributed by atoms with E-state index in [1.54, 1.807) is 18.2 Å². The number of ether oxygens (including phenoxy) is 3. The van der Waals surface area contributed by atoms with Crippen molar-refractivity contribution in [3.05, 3.63) is 18.2 Å². The van der Waals surface area contributed by atoms with Gasteiger partial charge in [-0.15, -0.1) is 0 Å². The molecule has 0 saturated carbocycles. The maximum absolute atomic E-state index is 11.8. The Labute approximate surface area is 139 Å². The van der Waals surface area contributed by atoms with Crippen molar-refractivity contribution in [1.29, 1.82) is 0 Å². The highest BCUT2D eigenvalue weighted by Gasteiger charge is 2.14. The molecule has 8 nitrogen and oxygen atoms in total. The van der Waals surface area contributed by atoms with Crippen LogP contribution in [0.2, 0.25) is 0 Å². The molecule has 1 heterocycles. The van der Waals surface area contributed by atoms with E-state index in [1.165, 1.54) is 0 Å². The Morgan fingerprint density at radius 2 is 1.92 bits per heavy atom. The van der Waals surface area contributed by atoms with Crippen LogP contribution in [0.3, 0.4) is 0 Å². The number of benzene rings is 1. The molecule has 3 amide bonds. The van der Waals surface area contributed by atoms with Gasteiger partial charge in [0.15, 0.2) is 18.1 Å². The minimum atomic E-state index is -0.721. The normalized spacial score (nSPS) is 12.2. The van der Waals surface area contributed by atoms with E-state index in [-0.39, 0.29) is 6.42 Å². The molecule has 1 aromatic rings. The van der Waals surface area contributed by atoms with Crippen molar-refractivity contribution in [1.82, 2.24) is 5.32 Å². The van der Waals surface area contributed by atoms with Gasteiger partial charge >= 0.3 is 12.0 Å². The molecular formula is C16H20N2O6. The number of carbonyl (C=O) groups is 3. The fourth-order valence-electron chi connectivity index (χ4n) is 1.99. The maximum atomic E-state index is 11.8. The molecule has 0 spiro atoms. The molecule has 24 heavy (non-hydrogen) atoms. The molecule has 0 fully saturated rings. The number of imide groups is 1. The number of urea groups is 1. The zero-order valence-corrected chi connectivity index (χ0v) is 13.4. The van der Waals surface area contributed by atoms with E-state index in [9.17, 15) is 14.4 Å². The van der Waals surface area contributed by atoms with Gasteiger partial charge in [-0.2, -0.15) is 0 Å². The van der Waals surface area contributed by atoms with Crippen LogP contribution >= 0.6 is 0 Å². The van der Waals surface area contributed by atoms with Crippen molar-refractivity contribution < 1.29 is 28.6 Å². The molecule has 0 bridgehead atoms. The zero-order chi connectivity index (χ0) is 17.4. The summed E-state index contributed by atoms with van der Waals surface area (Å²) in [6, 6.07) is 4.17. The number of unbranched alkanes of at least 4 members (excludes halogenated alkanes) is 1. The lowest BCUT2D eigenvalue weighted by atomic mass is 10.2. The Bertz CT molecular complexity index is 617. The largest absolute Gasteiger partial charge is 0.486 e. The highest BCUT2D eigenvalue weighted by Crippen LogP contribution is 2.32. The molecule has 0 aromatic heterocycles. The topological polar surface area (TPSA) is 103 Å². The molecule has 0 atom stereocenters. The second-order valence-corrected chi connectivity index (χ2v) is 5.12. The van der Waals surface area contributed by atoms with Gasteiger partial charge in [0.1, 0.15) is 13.2 Å². The van der Waals surface area contributed by atoms with Gasteiger partial charge in [-0.3, -0.25) is 14.9 Å². The number of rotatable bonds is 6. The Morgan fingerprint density at radius 3 is 2.67 bits per heavy atom. The number of hydrogen-bond donors (Lipinski definition) is 2. The van der Waals surface area contributed by atoms with Crippen LogP contribution in [0.15, 0.2) is 18.2 Å². The van der Waals surface area contributed by atoms with Crippen LogP contribution in [0.4, 0.5) is 10.5 Å². The van der Waals surface area contributed by atoms with Crippen LogP contribution in [-0.2, 0) is 14.3 Å². The van der Waals surface area contributed by atoms with Crippen molar-refractivity contribution in [2.24, 2.45) is 0 Å². The van der Waals surface area contributed by atoms with Crippen molar-refractivity contribution in [2.45, 2.75) is 26.2 Å². The first-order chi connectivity index (χ1) is 11.6. The molecule has 2 rings (SSSR count). The Kier molecular flexibility index (Phi) is 6.41. The van der Waals surface area contributed by atoms with Gasteiger partial charge in [0, 0.05) is 18.2 Å². The quantitative estimate of drug-likeness (QED) is 0.768. The van der Waals surface area contributed by atoms with E-state index in [0.717, 1.165) is 6.42 Å². The fourth-order valence-corrected chi connectivity index (χ4v) is 1.99. The van der Waals surface area contributed by atoms with Gasteiger partial charge in [-0.1, -0.05) is 13.3 Å². The first kappa shape index (κ1) is 17.6. The van der Waals surface area contributed by atoms with Gasteiger partial charge in [0.25, 0.3) is 5.91 Å². The Morgan fingerprint density at radius 1 is 1.17 bits per heavy atom. The predicted octanol–water partition coefficient (Wildman–Crippen LogP) is 1.84. The average Bonchev–Trinajstić information content (AvgIpc) is 2.58. The summed E-state index contributed by atoms with van der Waals surface area (Å²) in [5.41, 5.74) is 0.449. The van der Waals surface area contributed by atoms with E-state index in [1.807, 2.05) is 6.92 Å². The molecule has 0 radical (unpaired) electrons. The first-order valence-electron chi connectivity index (χ1n) is 7.74. The summed E-state index contributed by atoms with van der Waals surface area (Å²) in [7, 11) is 0. The van der Waals surface area contributed by atoms with E-state index < -0.39 is 24.5 Å². The highest BCUT2D eigenvalue weighted by molar-refractivity contribution is 6.02. The second kappa shape index (κ2) is 8.76. The highest BCUT2D eigenvalue weighted by atomic mass is 16.6. The third kappa shape index (κ3) is 5.45. The lowest BCUT2D eigenvalue weighted by molar-refractivity contribution is -0.148. The molecule has 1 aliphatic heterocycles. The summed E-state index contributed by atoms with van der Waals surface area (Å²) >= 11 is 0. The van der Waals surface area contributed by atoms with E-state index in [0.29, 0.717) is 36.8 Å². The number of carbonyl (C=O) groups excluding carboxylic acids is 3. The molecule has 1 aliphatic rings. The van der Waals surface area contributed by atoms with E-state index in [4.69, 9.17) is 14.2 Å². The minimum Gasteiger partial charge on any atom is -0.486 e. The average molecular weight is 336 g/mol. The molecular weight excluding hydrogens is 316 g/mol. The summed E-state index contributed by atoms with van der Waals surface area (Å²) in [5, 5.41) is 4.58. The summed E-state index contributed by atoms with van der Waals surface area (Å²) in [6.45, 7) is 2.37. The first-order valence-corrected chi connectivity index (χ1v) is 7.74. The minimum absolute atomic E-state index is 0.257. The Balaban J connectivity index is 1.76. The number of nitrogens with one attached hydrogen (secondary N) is 2. The van der Waals surface area contributed by atoms with Crippen LogP contribution in [0.1, 0.15) is 26.2 Å². The van der Waals surface area contributed by atoms with Gasteiger partial charge in [0.2, 0.25) is 0 Å². The standard InChI is InChI=1S/C16H20N2O6/c1-2-3-4-15(20)24-10-14(19)18-16(21)17-11-5-6-12-13(9-11)23-8-7-22-12/h5-6,9H,2-4,7-8,10H2,1H3,(H2,17,18,19,21). The summed E-state index contributed by atoms with van der Waals surface area (Å²) in [4.78, 5) is 34.6. The number of hydrogen-bond acceptors (Lipinski definition) is 6. The molecule has 0 saturated heterocycles. The summed E-state index contributed by atoms with van der Waals surface area (Å²) in [6.07, 6.45) is 1.82. The molecule has 0 unspecified atom stereocenters. The van der Waals surface area contributed by atoms with Gasteiger partial charge in [-0.25, -0.2) is 4.79 Å². The van der Waals surface area contributed by atoms with Crippen LogP contribution in [0.5, 0.6) is 11.5 Å². The van der Waals surface area contributed by atoms with Crippen molar-refractivity contribution in [3.63, 3.8) is 0 Å². The molecule has 130 valence electrons. The van der Waals surface area contributed by atoms with E-state index >= 15 is 0 Å². The zero-order valence-electron chi connectivity index (χ0n) is 13.4. The van der Waals surface area contributed by atoms with Crippen molar-refractivity contribution in [3.8, 4) is 11.5 Å².